The van der Waals surface area contributed by atoms with Gasteiger partial charge in [-0.1, -0.05) is 0 Å². The van der Waals surface area contributed by atoms with Crippen molar-refractivity contribution in [1.29, 1.82) is 0 Å². The molecule has 0 heterocycles. The summed E-state index contributed by atoms with van der Waals surface area (Å²) >= 11 is 0. The van der Waals surface area contributed by atoms with E-state index in [4.69, 9.17) is 0 Å². The number of allylic oxidation sites excluding steroid dienone is 8. The fourth-order valence-electron chi connectivity index (χ4n) is 3.86. The zero-order chi connectivity index (χ0) is 25.2. The van der Waals surface area contributed by atoms with E-state index in [1.807, 2.05) is 0 Å². The number of halogens is 11. The van der Waals surface area contributed by atoms with Crippen LogP contribution >= 0.6 is 0 Å². The van der Waals surface area contributed by atoms with E-state index >= 15 is 0 Å². The van der Waals surface area contributed by atoms with E-state index in [1.54, 1.807) is 0 Å². The van der Waals surface area contributed by atoms with E-state index in [0.29, 0.717) is 20.8 Å². The summed E-state index contributed by atoms with van der Waals surface area (Å²) in [5, 5.41) is 0. The van der Waals surface area contributed by atoms with Gasteiger partial charge in [0.2, 0.25) is 0 Å². The summed E-state index contributed by atoms with van der Waals surface area (Å²) < 4.78 is 159. The first-order chi connectivity index (χ1) is 15.0. The first-order valence-corrected chi connectivity index (χ1v) is 9.39. The first kappa shape index (κ1) is 25.1. The Bertz CT molecular complexity index is 1090. The quantitative estimate of drug-likeness (QED) is 0.260. The number of benzene rings is 1. The van der Waals surface area contributed by atoms with Crippen molar-refractivity contribution in [2.75, 3.05) is 0 Å². The average molecular weight is 486 g/mol. The predicted molar refractivity (Wildman–Crippen MR) is 99.9 cm³/mol. The lowest BCUT2D eigenvalue weighted by atomic mass is 9.33. The number of hydrogen-bond donors (Lipinski definition) is 0. The molecule has 1 aromatic rings. The normalized spacial score (nSPS) is 30.5. The van der Waals surface area contributed by atoms with Gasteiger partial charge in [-0.05, 0) is 43.9 Å². The second-order valence-corrected chi connectivity index (χ2v) is 8.16. The molecule has 0 radical (unpaired) electrons. The van der Waals surface area contributed by atoms with Crippen LogP contribution in [-0.2, 0) is 0 Å². The smallest absolute Gasteiger partial charge is 0.236 e. The van der Waals surface area contributed by atoms with Crippen LogP contribution in [0.3, 0.4) is 0 Å². The van der Waals surface area contributed by atoms with Gasteiger partial charge in [0.1, 0.15) is 29.1 Å². The summed E-state index contributed by atoms with van der Waals surface area (Å²) in [6.07, 6.45) is -6.72. The Morgan fingerprint density at radius 2 is 1.12 bits per heavy atom. The summed E-state index contributed by atoms with van der Waals surface area (Å²) in [4.78, 5) is 0. The molecule has 12 heteroatoms. The zero-order valence-corrected chi connectivity index (χ0v) is 17.1. The second-order valence-electron chi connectivity index (χ2n) is 8.16. The third-order valence-corrected chi connectivity index (χ3v) is 5.60. The van der Waals surface area contributed by atoms with E-state index in [0.717, 1.165) is 0 Å². The van der Waals surface area contributed by atoms with Crippen LogP contribution in [0.4, 0.5) is 48.3 Å². The van der Waals surface area contributed by atoms with Gasteiger partial charge in [-0.15, -0.1) is 0 Å². The highest BCUT2D eigenvalue weighted by atomic mass is 19.2. The fourth-order valence-corrected chi connectivity index (χ4v) is 3.86. The number of alkyl halides is 4. The molecule has 0 fully saturated rings. The van der Waals surface area contributed by atoms with E-state index in [1.165, 1.54) is 0 Å². The summed E-state index contributed by atoms with van der Waals surface area (Å²) in [6.45, 7) is -1.28. The summed E-state index contributed by atoms with van der Waals surface area (Å²) in [5.41, 5.74) is -12.3. The molecule has 3 rings (SSSR count). The second kappa shape index (κ2) is 8.05. The maximum atomic E-state index is 14.9. The van der Waals surface area contributed by atoms with Gasteiger partial charge in [-0.2, -0.15) is 0 Å². The van der Waals surface area contributed by atoms with E-state index < -0.39 is 93.1 Å². The van der Waals surface area contributed by atoms with E-state index in [2.05, 4.69) is 0 Å². The summed E-state index contributed by atoms with van der Waals surface area (Å²) in [7, 11) is 0. The van der Waals surface area contributed by atoms with Crippen LogP contribution in [-0.4, -0.2) is 30.4 Å². The Kier molecular flexibility index (Phi) is 6.13. The lowest BCUT2D eigenvalue weighted by Gasteiger charge is -2.33. The third-order valence-electron chi connectivity index (χ3n) is 5.60. The van der Waals surface area contributed by atoms with Crippen LogP contribution in [0.5, 0.6) is 0 Å². The van der Waals surface area contributed by atoms with Crippen molar-refractivity contribution in [2.45, 2.75) is 44.5 Å². The highest BCUT2D eigenvalue weighted by Gasteiger charge is 2.51. The largest absolute Gasteiger partial charge is 0.260 e. The van der Waals surface area contributed by atoms with Gasteiger partial charge >= 0.3 is 0 Å². The first-order valence-electron chi connectivity index (χ1n) is 9.39. The molecule has 0 saturated carbocycles. The van der Waals surface area contributed by atoms with Gasteiger partial charge in [0, 0.05) is 17.0 Å². The Hall–Kier alpha value is -2.53. The Labute approximate surface area is 181 Å². The third kappa shape index (κ3) is 3.91. The molecule has 0 nitrogen and oxygen atoms in total. The topological polar surface area (TPSA) is 0 Å². The molecule has 0 N–H and O–H groups in total. The minimum Gasteiger partial charge on any atom is -0.236 e. The summed E-state index contributed by atoms with van der Waals surface area (Å²) in [6, 6.07) is -0.116. The van der Waals surface area contributed by atoms with Crippen LogP contribution in [0.2, 0.25) is 0 Å². The zero-order valence-electron chi connectivity index (χ0n) is 17.1. The van der Waals surface area contributed by atoms with Gasteiger partial charge in [0.15, 0.2) is 35.3 Å². The van der Waals surface area contributed by atoms with Crippen molar-refractivity contribution in [3.63, 3.8) is 0 Å². The molecular formula is C21H14BF11. The van der Waals surface area contributed by atoms with Gasteiger partial charge in [-0.3, -0.25) is 0 Å². The average Bonchev–Trinajstić information content (AvgIpc) is 2.68. The molecule has 0 aromatic heterocycles. The Balaban J connectivity index is 2.46. The standard InChI is InChI=1S/C21H14BF11/c1-7-12(8(23)4-9(24)15(7)27)22(13-10(25)5-20(2,32)18(30)16(13)28)14-11(26)6-21(3,33)19(31)17(14)29/h4-6,18-19H,1-3H3. The number of rotatable bonds is 3. The highest BCUT2D eigenvalue weighted by Crippen LogP contribution is 2.45. The minimum absolute atomic E-state index is 0.106. The van der Waals surface area contributed by atoms with Gasteiger partial charge in [0.25, 0.3) is 6.71 Å². The predicted octanol–water partition coefficient (Wildman–Crippen LogP) is 6.51. The molecule has 2 aliphatic carbocycles. The van der Waals surface area contributed by atoms with Gasteiger partial charge in [-0.25, -0.2) is 48.3 Å². The van der Waals surface area contributed by atoms with Crippen LogP contribution < -0.4 is 5.46 Å². The molecule has 0 bridgehead atoms. The van der Waals surface area contributed by atoms with Crippen LogP contribution in [0.15, 0.2) is 52.5 Å². The Morgan fingerprint density at radius 3 is 1.52 bits per heavy atom. The maximum Gasteiger partial charge on any atom is 0.260 e. The molecule has 4 unspecified atom stereocenters. The van der Waals surface area contributed by atoms with Crippen LogP contribution in [0.1, 0.15) is 19.4 Å². The van der Waals surface area contributed by atoms with Gasteiger partial charge in [0.05, 0.1) is 0 Å². The molecule has 178 valence electrons. The molecule has 0 amide bonds. The van der Waals surface area contributed by atoms with Crippen molar-refractivity contribution in [3.8, 4) is 0 Å². The van der Waals surface area contributed by atoms with Crippen molar-refractivity contribution in [1.82, 2.24) is 0 Å². The van der Waals surface area contributed by atoms with Crippen molar-refractivity contribution < 1.29 is 48.3 Å². The van der Waals surface area contributed by atoms with Crippen molar-refractivity contribution in [2.24, 2.45) is 0 Å². The van der Waals surface area contributed by atoms with Crippen LogP contribution in [0, 0.1) is 24.4 Å². The van der Waals surface area contributed by atoms with E-state index in [9.17, 15) is 48.3 Å². The number of hydrogen-bond acceptors (Lipinski definition) is 0. The molecule has 0 aliphatic heterocycles. The lowest BCUT2D eigenvalue weighted by molar-refractivity contribution is 0.113. The minimum atomic E-state index is -3.28. The highest BCUT2D eigenvalue weighted by molar-refractivity contribution is 6.88. The molecule has 1 aromatic carbocycles. The van der Waals surface area contributed by atoms with Crippen molar-refractivity contribution in [3.05, 3.63) is 75.5 Å². The van der Waals surface area contributed by atoms with Gasteiger partial charge < -0.3 is 0 Å². The molecular weight excluding hydrogens is 472 g/mol. The molecule has 4 atom stereocenters. The monoisotopic (exact) mass is 486 g/mol. The molecule has 33 heavy (non-hydrogen) atoms. The lowest BCUT2D eigenvalue weighted by Crippen LogP contribution is -2.47. The van der Waals surface area contributed by atoms with Crippen LogP contribution in [0.25, 0.3) is 0 Å². The van der Waals surface area contributed by atoms with E-state index in [-0.39, 0.29) is 18.2 Å². The fraction of sp³-hybridized carbons (Fsp3) is 0.333. The molecule has 2 aliphatic rings. The Morgan fingerprint density at radius 1 is 0.727 bits per heavy atom. The molecule has 0 spiro atoms. The summed E-state index contributed by atoms with van der Waals surface area (Å²) in [5.74, 6) is -13.9. The van der Waals surface area contributed by atoms with Crippen molar-refractivity contribution >= 4 is 12.2 Å². The molecule has 0 saturated heterocycles. The SMILES string of the molecule is Cc1c(F)c(F)cc(F)c1B(C1=C(F)C(F)C(C)(F)C=C1F)C1=C(F)C(F)C(C)(F)C=C1F. The maximum absolute atomic E-state index is 14.9.